The Morgan fingerprint density at radius 2 is 2.23 bits per heavy atom. The fraction of sp³-hybridized carbons (Fsp3) is 0.500. The summed E-state index contributed by atoms with van der Waals surface area (Å²) in [4.78, 5) is 4.15. The van der Waals surface area contributed by atoms with Gasteiger partial charge >= 0.3 is 0 Å². The largest absolute Gasteiger partial charge is 0.368 e. The van der Waals surface area contributed by atoms with Crippen LogP contribution in [0.1, 0.15) is 19.5 Å². The second-order valence-electron chi connectivity index (χ2n) is 3.57. The van der Waals surface area contributed by atoms with Crippen LogP contribution < -0.4 is 5.73 Å². The minimum Gasteiger partial charge on any atom is -0.368 e. The third-order valence-electron chi connectivity index (χ3n) is 1.83. The molecule has 0 amide bonds. The molecule has 1 heterocycles. The fourth-order valence-electron chi connectivity index (χ4n) is 0.812. The first-order chi connectivity index (χ1) is 6.14. The first kappa shape index (κ1) is 10.2. The van der Waals surface area contributed by atoms with Crippen LogP contribution in [0.25, 0.3) is 0 Å². The summed E-state index contributed by atoms with van der Waals surface area (Å²) in [5.41, 5.74) is 6.19. The van der Waals surface area contributed by atoms with Gasteiger partial charge in [-0.15, -0.1) is 0 Å². The molecule has 13 heavy (non-hydrogen) atoms. The van der Waals surface area contributed by atoms with Crippen LogP contribution in [-0.2, 0) is 11.3 Å². The molecule has 0 aliphatic carbocycles. The van der Waals surface area contributed by atoms with Crippen molar-refractivity contribution in [2.45, 2.75) is 26.1 Å². The Kier molecular flexibility index (Phi) is 3.39. The zero-order valence-electron chi connectivity index (χ0n) is 8.16. The van der Waals surface area contributed by atoms with Gasteiger partial charge in [-0.05, 0) is 26.0 Å². The number of hydrogen-bond donors (Lipinski definition) is 1. The first-order valence-corrected chi connectivity index (χ1v) is 4.38. The van der Waals surface area contributed by atoms with Crippen molar-refractivity contribution in [1.29, 1.82) is 0 Å². The summed E-state index contributed by atoms with van der Waals surface area (Å²) in [6.07, 6.45) is 1.76. The van der Waals surface area contributed by atoms with Crippen molar-refractivity contribution in [2.24, 2.45) is 5.73 Å². The first-order valence-electron chi connectivity index (χ1n) is 4.38. The zero-order valence-corrected chi connectivity index (χ0v) is 8.16. The second-order valence-corrected chi connectivity index (χ2v) is 3.57. The Labute approximate surface area is 78.9 Å². The Morgan fingerprint density at radius 3 is 2.77 bits per heavy atom. The van der Waals surface area contributed by atoms with Gasteiger partial charge in [0.15, 0.2) is 0 Å². The lowest BCUT2D eigenvalue weighted by Crippen LogP contribution is -2.33. The second kappa shape index (κ2) is 4.35. The molecule has 0 spiro atoms. The number of ether oxygens (including phenoxy) is 1. The van der Waals surface area contributed by atoms with Gasteiger partial charge in [-0.3, -0.25) is 4.98 Å². The number of pyridine rings is 1. The number of nitrogens with zero attached hydrogens (tertiary/aromatic N) is 1. The van der Waals surface area contributed by atoms with Gasteiger partial charge < -0.3 is 10.5 Å². The summed E-state index contributed by atoms with van der Waals surface area (Å²) in [7, 11) is 0. The van der Waals surface area contributed by atoms with Gasteiger partial charge in [-0.1, -0.05) is 6.07 Å². The lowest BCUT2D eigenvalue weighted by Gasteiger charge is -2.22. The highest BCUT2D eigenvalue weighted by atomic mass is 16.5. The van der Waals surface area contributed by atoms with Gasteiger partial charge in [0.25, 0.3) is 0 Å². The van der Waals surface area contributed by atoms with E-state index in [0.29, 0.717) is 13.2 Å². The molecule has 1 rings (SSSR count). The average Bonchev–Trinajstić information content (AvgIpc) is 2.17. The van der Waals surface area contributed by atoms with Gasteiger partial charge in [0.1, 0.15) is 0 Å². The monoisotopic (exact) mass is 180 g/mol. The van der Waals surface area contributed by atoms with Crippen LogP contribution in [-0.4, -0.2) is 17.1 Å². The van der Waals surface area contributed by atoms with E-state index in [9.17, 15) is 0 Å². The van der Waals surface area contributed by atoms with Crippen LogP contribution in [0.5, 0.6) is 0 Å². The number of nitrogens with two attached hydrogens (primary N) is 1. The summed E-state index contributed by atoms with van der Waals surface area (Å²) in [6, 6.07) is 5.77. The van der Waals surface area contributed by atoms with Crippen LogP contribution >= 0.6 is 0 Å². The van der Waals surface area contributed by atoms with Crippen molar-refractivity contribution < 1.29 is 4.74 Å². The molecule has 0 saturated carbocycles. The third-order valence-corrected chi connectivity index (χ3v) is 1.83. The molecule has 0 aliphatic rings. The normalized spacial score (nSPS) is 11.6. The third kappa shape index (κ3) is 3.53. The van der Waals surface area contributed by atoms with Crippen molar-refractivity contribution in [1.82, 2.24) is 4.98 Å². The van der Waals surface area contributed by atoms with E-state index in [1.807, 2.05) is 32.0 Å². The summed E-state index contributed by atoms with van der Waals surface area (Å²) >= 11 is 0. The molecule has 0 saturated heterocycles. The van der Waals surface area contributed by atoms with Gasteiger partial charge in [-0.25, -0.2) is 0 Å². The molecule has 0 fully saturated rings. The van der Waals surface area contributed by atoms with Gasteiger partial charge in [0.05, 0.1) is 17.9 Å². The van der Waals surface area contributed by atoms with Crippen molar-refractivity contribution in [2.75, 3.05) is 6.54 Å². The Morgan fingerprint density at radius 1 is 1.46 bits per heavy atom. The van der Waals surface area contributed by atoms with Gasteiger partial charge in [-0.2, -0.15) is 0 Å². The predicted molar refractivity (Wildman–Crippen MR) is 52.2 cm³/mol. The molecule has 3 heteroatoms. The van der Waals surface area contributed by atoms with E-state index in [1.54, 1.807) is 6.20 Å². The highest BCUT2D eigenvalue weighted by molar-refractivity contribution is 5.02. The minimum atomic E-state index is -0.266. The fourth-order valence-corrected chi connectivity index (χ4v) is 0.812. The van der Waals surface area contributed by atoms with Gasteiger partial charge in [0.2, 0.25) is 0 Å². The van der Waals surface area contributed by atoms with E-state index in [0.717, 1.165) is 5.69 Å². The van der Waals surface area contributed by atoms with E-state index >= 15 is 0 Å². The molecule has 0 atom stereocenters. The molecule has 0 bridgehead atoms. The maximum Gasteiger partial charge on any atom is 0.0895 e. The molecule has 3 nitrogen and oxygen atoms in total. The molecule has 1 aromatic rings. The van der Waals surface area contributed by atoms with Crippen molar-refractivity contribution in [3.05, 3.63) is 30.1 Å². The van der Waals surface area contributed by atoms with E-state index < -0.39 is 0 Å². The maximum atomic E-state index is 5.58. The van der Waals surface area contributed by atoms with E-state index in [4.69, 9.17) is 10.5 Å². The topological polar surface area (TPSA) is 48.1 Å². The number of hydrogen-bond acceptors (Lipinski definition) is 3. The molecule has 72 valence electrons. The average molecular weight is 180 g/mol. The Balaban J connectivity index is 2.44. The molecular formula is C10H16N2O. The Hall–Kier alpha value is -0.930. The quantitative estimate of drug-likeness (QED) is 0.760. The van der Waals surface area contributed by atoms with Crippen LogP contribution in [0.4, 0.5) is 0 Å². The van der Waals surface area contributed by atoms with Crippen LogP contribution in [0.3, 0.4) is 0 Å². The number of rotatable bonds is 4. The highest BCUT2D eigenvalue weighted by Gasteiger charge is 2.15. The molecular weight excluding hydrogens is 164 g/mol. The smallest absolute Gasteiger partial charge is 0.0895 e. The summed E-state index contributed by atoms with van der Waals surface area (Å²) in [6.45, 7) is 4.97. The Bertz CT molecular complexity index is 246. The van der Waals surface area contributed by atoms with Crippen molar-refractivity contribution in [3.8, 4) is 0 Å². The van der Waals surface area contributed by atoms with Crippen molar-refractivity contribution in [3.63, 3.8) is 0 Å². The molecule has 1 aromatic heterocycles. The van der Waals surface area contributed by atoms with E-state index in [-0.39, 0.29) is 5.60 Å². The van der Waals surface area contributed by atoms with E-state index in [1.165, 1.54) is 0 Å². The molecule has 0 unspecified atom stereocenters. The van der Waals surface area contributed by atoms with Crippen molar-refractivity contribution >= 4 is 0 Å². The van der Waals surface area contributed by atoms with Gasteiger partial charge in [0, 0.05) is 12.7 Å². The molecule has 2 N–H and O–H groups in total. The van der Waals surface area contributed by atoms with Crippen LogP contribution in [0, 0.1) is 0 Å². The molecule has 0 aliphatic heterocycles. The number of aromatic nitrogens is 1. The highest BCUT2D eigenvalue weighted by Crippen LogP contribution is 2.09. The zero-order chi connectivity index (χ0) is 9.73. The minimum absolute atomic E-state index is 0.266. The maximum absolute atomic E-state index is 5.58. The van der Waals surface area contributed by atoms with E-state index in [2.05, 4.69) is 4.98 Å². The summed E-state index contributed by atoms with van der Waals surface area (Å²) in [5, 5.41) is 0. The van der Waals surface area contributed by atoms with Crippen LogP contribution in [0.2, 0.25) is 0 Å². The summed E-state index contributed by atoms with van der Waals surface area (Å²) in [5.74, 6) is 0. The summed E-state index contributed by atoms with van der Waals surface area (Å²) < 4.78 is 5.58. The predicted octanol–water partition coefficient (Wildman–Crippen LogP) is 1.34. The molecule has 0 aromatic carbocycles. The lowest BCUT2D eigenvalue weighted by molar-refractivity contribution is -0.0236. The SMILES string of the molecule is CC(C)(CN)OCc1ccccn1. The lowest BCUT2D eigenvalue weighted by atomic mass is 10.1. The van der Waals surface area contributed by atoms with Crippen LogP contribution in [0.15, 0.2) is 24.4 Å². The molecule has 0 radical (unpaired) electrons. The standard InChI is InChI=1S/C10H16N2O/c1-10(2,8-11)13-7-9-5-3-4-6-12-9/h3-6H,7-8,11H2,1-2H3.